The Morgan fingerprint density at radius 3 is 2.56 bits per heavy atom. The van der Waals surface area contributed by atoms with Crippen LogP contribution in [0.3, 0.4) is 0 Å². The fraction of sp³-hybridized carbons (Fsp3) is 0.467. The minimum atomic E-state index is -0.00726. The third kappa shape index (κ3) is 5.68. The molecule has 0 bridgehead atoms. The molecule has 0 spiro atoms. The smallest absolute Gasteiger partial charge is 0.224 e. The fourth-order valence-electron chi connectivity index (χ4n) is 5.70. The molecule has 6 heteroatoms. The van der Waals surface area contributed by atoms with Gasteiger partial charge >= 0.3 is 0 Å². The number of hydrogen-bond donors (Lipinski definition) is 1. The molecule has 0 radical (unpaired) electrons. The van der Waals surface area contributed by atoms with Crippen LogP contribution >= 0.6 is 11.6 Å². The summed E-state index contributed by atoms with van der Waals surface area (Å²) in [6, 6.07) is 15.1. The summed E-state index contributed by atoms with van der Waals surface area (Å²) in [7, 11) is 0. The number of amides is 1. The molecule has 5 nitrogen and oxygen atoms in total. The molecule has 2 aliphatic heterocycles. The summed E-state index contributed by atoms with van der Waals surface area (Å²) < 4.78 is 0. The first-order valence-corrected chi connectivity index (χ1v) is 13.9. The molecule has 190 valence electrons. The van der Waals surface area contributed by atoms with E-state index in [-0.39, 0.29) is 5.91 Å². The van der Waals surface area contributed by atoms with E-state index in [0.717, 1.165) is 58.5 Å². The maximum Gasteiger partial charge on any atom is 0.224 e. The number of pyridine rings is 1. The van der Waals surface area contributed by atoms with Gasteiger partial charge in [-0.05, 0) is 106 Å². The van der Waals surface area contributed by atoms with Crippen molar-refractivity contribution >= 4 is 39.9 Å². The monoisotopic (exact) mass is 504 g/mol. The van der Waals surface area contributed by atoms with Gasteiger partial charge in [-0.1, -0.05) is 30.7 Å². The predicted molar refractivity (Wildman–Crippen MR) is 150 cm³/mol. The normalized spacial score (nSPS) is 17.1. The van der Waals surface area contributed by atoms with E-state index in [1.54, 1.807) is 0 Å². The van der Waals surface area contributed by atoms with Crippen molar-refractivity contribution < 1.29 is 4.79 Å². The SMILES string of the molecule is CCc1ccc(CCC(=O)Nc2ccc3nc(N4CCC(N5CCCC5)CC4)c(C)cc3c2)c(Cl)c1. The number of rotatable bonds is 7. The molecular formula is C30H37ClN4O. The number of carbonyl (C=O) groups excluding carboxylic acids is 1. The number of aryl methyl sites for hydroxylation is 3. The van der Waals surface area contributed by atoms with Crippen LogP contribution in [0.15, 0.2) is 42.5 Å². The number of hydrogen-bond acceptors (Lipinski definition) is 4. The number of piperidine rings is 1. The number of aromatic nitrogens is 1. The van der Waals surface area contributed by atoms with Gasteiger partial charge in [0.25, 0.3) is 0 Å². The van der Waals surface area contributed by atoms with E-state index in [4.69, 9.17) is 16.6 Å². The Bertz CT molecular complexity index is 1230. The molecule has 5 rings (SSSR count). The molecule has 1 N–H and O–H groups in total. The van der Waals surface area contributed by atoms with Crippen LogP contribution < -0.4 is 10.2 Å². The molecule has 1 aromatic heterocycles. The van der Waals surface area contributed by atoms with Crippen molar-refractivity contribution in [1.29, 1.82) is 0 Å². The van der Waals surface area contributed by atoms with E-state index < -0.39 is 0 Å². The highest BCUT2D eigenvalue weighted by Crippen LogP contribution is 2.29. The third-order valence-corrected chi connectivity index (χ3v) is 8.18. The Hall–Kier alpha value is -2.63. The van der Waals surface area contributed by atoms with Gasteiger partial charge < -0.3 is 15.1 Å². The molecular weight excluding hydrogens is 468 g/mol. The van der Waals surface area contributed by atoms with Crippen molar-refractivity contribution in [1.82, 2.24) is 9.88 Å². The Morgan fingerprint density at radius 2 is 1.83 bits per heavy atom. The van der Waals surface area contributed by atoms with Gasteiger partial charge in [0.1, 0.15) is 5.82 Å². The first kappa shape index (κ1) is 25.0. The lowest BCUT2D eigenvalue weighted by atomic mass is 10.0. The molecule has 3 heterocycles. The van der Waals surface area contributed by atoms with Crippen LogP contribution in [0.2, 0.25) is 5.02 Å². The molecule has 2 fully saturated rings. The van der Waals surface area contributed by atoms with E-state index in [1.807, 2.05) is 30.3 Å². The summed E-state index contributed by atoms with van der Waals surface area (Å²) in [5, 5.41) is 4.85. The molecule has 2 aliphatic rings. The van der Waals surface area contributed by atoms with E-state index in [9.17, 15) is 4.79 Å². The minimum absolute atomic E-state index is 0.00726. The lowest BCUT2D eigenvalue weighted by Crippen LogP contribution is -2.44. The van der Waals surface area contributed by atoms with Gasteiger partial charge in [-0.25, -0.2) is 4.98 Å². The topological polar surface area (TPSA) is 48.5 Å². The molecule has 0 aliphatic carbocycles. The summed E-state index contributed by atoms with van der Waals surface area (Å²) in [6.45, 7) is 8.94. The second kappa shape index (κ2) is 11.2. The zero-order chi connectivity index (χ0) is 25.1. The van der Waals surface area contributed by atoms with E-state index in [0.29, 0.717) is 12.8 Å². The zero-order valence-corrected chi connectivity index (χ0v) is 22.3. The Labute approximate surface area is 219 Å². The molecule has 2 aromatic carbocycles. The Kier molecular flexibility index (Phi) is 7.78. The average molecular weight is 505 g/mol. The van der Waals surface area contributed by atoms with E-state index >= 15 is 0 Å². The lowest BCUT2D eigenvalue weighted by molar-refractivity contribution is -0.116. The highest BCUT2D eigenvalue weighted by atomic mass is 35.5. The summed E-state index contributed by atoms with van der Waals surface area (Å²) in [4.78, 5) is 22.8. The molecule has 0 atom stereocenters. The third-order valence-electron chi connectivity index (χ3n) is 7.83. The Balaban J connectivity index is 1.21. The second-order valence-corrected chi connectivity index (χ2v) is 10.7. The average Bonchev–Trinajstić information content (AvgIpc) is 3.43. The molecule has 3 aromatic rings. The first-order valence-electron chi connectivity index (χ1n) is 13.5. The van der Waals surface area contributed by atoms with Crippen molar-refractivity contribution in [2.45, 2.75) is 64.8 Å². The number of likely N-dealkylation sites (tertiary alicyclic amines) is 1. The number of nitrogens with one attached hydrogen (secondary N) is 1. The summed E-state index contributed by atoms with van der Waals surface area (Å²) in [5.74, 6) is 1.09. The van der Waals surface area contributed by atoms with Crippen LogP contribution in [0.4, 0.5) is 11.5 Å². The van der Waals surface area contributed by atoms with Crippen molar-refractivity contribution in [3.63, 3.8) is 0 Å². The lowest BCUT2D eigenvalue weighted by Gasteiger charge is -2.37. The molecule has 0 saturated carbocycles. The number of nitrogens with zero attached hydrogens (tertiary/aromatic N) is 3. The van der Waals surface area contributed by atoms with Gasteiger partial charge in [-0.15, -0.1) is 0 Å². The highest BCUT2D eigenvalue weighted by Gasteiger charge is 2.27. The van der Waals surface area contributed by atoms with Gasteiger partial charge in [0.05, 0.1) is 5.52 Å². The Morgan fingerprint density at radius 1 is 1.06 bits per heavy atom. The van der Waals surface area contributed by atoms with Gasteiger partial charge in [0, 0.05) is 41.6 Å². The van der Waals surface area contributed by atoms with Crippen LogP contribution in [0.5, 0.6) is 0 Å². The van der Waals surface area contributed by atoms with E-state index in [1.165, 1.54) is 49.9 Å². The molecule has 1 amide bonds. The second-order valence-electron chi connectivity index (χ2n) is 10.3. The molecule has 2 saturated heterocycles. The number of carbonyl (C=O) groups is 1. The van der Waals surface area contributed by atoms with Crippen LogP contribution in [0.1, 0.15) is 55.7 Å². The fourth-order valence-corrected chi connectivity index (χ4v) is 6.00. The van der Waals surface area contributed by atoms with Crippen molar-refractivity contribution in [3.8, 4) is 0 Å². The summed E-state index contributed by atoms with van der Waals surface area (Å²) in [5.41, 5.74) is 5.19. The summed E-state index contributed by atoms with van der Waals surface area (Å²) in [6.07, 6.45) is 7.13. The van der Waals surface area contributed by atoms with Crippen LogP contribution in [0, 0.1) is 6.92 Å². The van der Waals surface area contributed by atoms with Gasteiger partial charge in [-0.2, -0.15) is 0 Å². The van der Waals surface area contributed by atoms with Gasteiger partial charge in [0.15, 0.2) is 0 Å². The first-order chi connectivity index (χ1) is 17.5. The standard InChI is InChI=1S/C30H37ClN4O/c1-3-22-6-7-23(27(31)19-22)8-11-29(36)32-25-9-10-28-24(20-25)18-21(2)30(33-28)35-16-12-26(13-17-35)34-14-4-5-15-34/h6-7,9-10,18-20,26H,3-5,8,11-17H2,1-2H3,(H,32,36). The maximum absolute atomic E-state index is 12.6. The van der Waals surface area contributed by atoms with Crippen LogP contribution in [-0.2, 0) is 17.6 Å². The number of anilines is 2. The predicted octanol–water partition coefficient (Wildman–Crippen LogP) is 6.39. The zero-order valence-electron chi connectivity index (χ0n) is 21.5. The van der Waals surface area contributed by atoms with Gasteiger partial charge in [0.2, 0.25) is 5.91 Å². The minimum Gasteiger partial charge on any atom is -0.356 e. The van der Waals surface area contributed by atoms with E-state index in [2.05, 4.69) is 41.1 Å². The van der Waals surface area contributed by atoms with Gasteiger partial charge in [-0.3, -0.25) is 4.79 Å². The number of halogens is 1. The molecule has 0 unspecified atom stereocenters. The largest absolute Gasteiger partial charge is 0.356 e. The van der Waals surface area contributed by atoms with Crippen molar-refractivity contribution in [3.05, 3.63) is 64.2 Å². The number of fused-ring (bicyclic) bond motifs is 1. The highest BCUT2D eigenvalue weighted by molar-refractivity contribution is 6.31. The van der Waals surface area contributed by atoms with Crippen molar-refractivity contribution in [2.75, 3.05) is 36.4 Å². The molecule has 36 heavy (non-hydrogen) atoms. The number of benzene rings is 2. The van der Waals surface area contributed by atoms with Crippen molar-refractivity contribution in [2.24, 2.45) is 0 Å². The van der Waals surface area contributed by atoms with Crippen LogP contribution in [-0.4, -0.2) is 48.0 Å². The van der Waals surface area contributed by atoms with Crippen LogP contribution in [0.25, 0.3) is 10.9 Å². The summed E-state index contributed by atoms with van der Waals surface area (Å²) >= 11 is 6.39. The maximum atomic E-state index is 12.6. The quantitative estimate of drug-likeness (QED) is 0.404.